The molecule has 2 aliphatic rings. The molecule has 35 heavy (non-hydrogen) atoms. The van der Waals surface area contributed by atoms with Crippen LogP contribution in [0.4, 0.5) is 11.5 Å². The molecule has 0 N–H and O–H groups in total. The van der Waals surface area contributed by atoms with Crippen molar-refractivity contribution in [2.75, 3.05) is 42.5 Å². The van der Waals surface area contributed by atoms with Crippen molar-refractivity contribution < 1.29 is 13.2 Å². The van der Waals surface area contributed by atoms with Crippen LogP contribution in [0.3, 0.4) is 0 Å². The van der Waals surface area contributed by atoms with Crippen molar-refractivity contribution in [1.29, 1.82) is 0 Å². The van der Waals surface area contributed by atoms with Gasteiger partial charge < -0.3 is 9.80 Å². The van der Waals surface area contributed by atoms with E-state index in [1.54, 1.807) is 23.1 Å². The van der Waals surface area contributed by atoms with E-state index in [1.165, 1.54) is 16.8 Å². The number of sulfonamides is 1. The highest BCUT2D eigenvalue weighted by Gasteiger charge is 2.31. The first-order valence-electron chi connectivity index (χ1n) is 12.0. The Bertz CT molecular complexity index is 1330. The van der Waals surface area contributed by atoms with Gasteiger partial charge in [0.25, 0.3) is 0 Å². The molecule has 0 unspecified atom stereocenters. The number of anilines is 2. The van der Waals surface area contributed by atoms with Crippen molar-refractivity contribution >= 4 is 27.4 Å². The maximum atomic E-state index is 13.3. The first-order valence-corrected chi connectivity index (χ1v) is 13.4. The predicted molar refractivity (Wildman–Crippen MR) is 136 cm³/mol. The van der Waals surface area contributed by atoms with Crippen molar-refractivity contribution in [3.05, 3.63) is 65.7 Å². The molecule has 3 aromatic rings. The van der Waals surface area contributed by atoms with E-state index in [0.29, 0.717) is 39.1 Å². The zero-order chi connectivity index (χ0) is 24.6. The highest BCUT2D eigenvalue weighted by molar-refractivity contribution is 7.89. The van der Waals surface area contributed by atoms with Crippen molar-refractivity contribution in [2.45, 2.75) is 31.6 Å². The van der Waals surface area contributed by atoms with Crippen LogP contribution in [0.5, 0.6) is 0 Å². The Hall–Kier alpha value is -3.30. The van der Waals surface area contributed by atoms with Crippen LogP contribution in [-0.2, 0) is 27.7 Å². The van der Waals surface area contributed by atoms with E-state index < -0.39 is 10.0 Å². The number of rotatable bonds is 5. The van der Waals surface area contributed by atoms with E-state index in [4.69, 9.17) is 0 Å². The third kappa shape index (κ3) is 4.53. The van der Waals surface area contributed by atoms with Gasteiger partial charge in [0.15, 0.2) is 5.82 Å². The van der Waals surface area contributed by atoms with Gasteiger partial charge in [0.05, 0.1) is 10.6 Å². The van der Waals surface area contributed by atoms with Gasteiger partial charge in [0.1, 0.15) is 0 Å². The van der Waals surface area contributed by atoms with Crippen LogP contribution in [0.25, 0.3) is 11.3 Å². The molecule has 182 valence electrons. The van der Waals surface area contributed by atoms with Gasteiger partial charge in [-0.2, -0.15) is 4.31 Å². The summed E-state index contributed by atoms with van der Waals surface area (Å²) in [6.07, 6.45) is 1.67. The highest BCUT2D eigenvalue weighted by Crippen LogP contribution is 2.31. The molecule has 0 saturated carbocycles. The number of aromatic nitrogens is 2. The summed E-state index contributed by atoms with van der Waals surface area (Å²) in [6.45, 7) is 6.09. The highest BCUT2D eigenvalue weighted by atomic mass is 32.2. The van der Waals surface area contributed by atoms with Crippen molar-refractivity contribution in [3.8, 4) is 11.3 Å². The maximum absolute atomic E-state index is 13.3. The van der Waals surface area contributed by atoms with Crippen molar-refractivity contribution in [1.82, 2.24) is 14.5 Å². The minimum atomic E-state index is -3.61. The lowest BCUT2D eigenvalue weighted by molar-refractivity contribution is -0.116. The van der Waals surface area contributed by atoms with Crippen LogP contribution in [0.15, 0.2) is 59.5 Å². The Morgan fingerprint density at radius 1 is 0.914 bits per heavy atom. The fraction of sp³-hybridized carbons (Fsp3) is 0.346. The molecule has 0 radical (unpaired) electrons. The van der Waals surface area contributed by atoms with Crippen LogP contribution >= 0.6 is 0 Å². The summed E-state index contributed by atoms with van der Waals surface area (Å²) < 4.78 is 28.1. The average Bonchev–Trinajstić information content (AvgIpc) is 3.33. The summed E-state index contributed by atoms with van der Waals surface area (Å²) >= 11 is 0. The predicted octanol–water partition coefficient (Wildman–Crippen LogP) is 3.13. The van der Waals surface area contributed by atoms with Crippen LogP contribution < -0.4 is 9.80 Å². The van der Waals surface area contributed by atoms with E-state index in [1.807, 2.05) is 12.1 Å². The van der Waals surface area contributed by atoms with Gasteiger partial charge in [-0.3, -0.25) is 4.79 Å². The molecule has 0 spiro atoms. The zero-order valence-corrected chi connectivity index (χ0v) is 20.8. The largest absolute Gasteiger partial charge is 0.352 e. The number of carbonyl (C=O) groups is 1. The third-order valence-corrected chi connectivity index (χ3v) is 8.73. The topological polar surface area (TPSA) is 86.7 Å². The second-order valence-electron chi connectivity index (χ2n) is 8.93. The lowest BCUT2D eigenvalue weighted by Crippen LogP contribution is -2.49. The summed E-state index contributed by atoms with van der Waals surface area (Å²) in [5, 5.41) is 8.80. The smallest absolute Gasteiger partial charge is 0.243 e. The number of hydrogen-bond donors (Lipinski definition) is 0. The Kier molecular flexibility index (Phi) is 6.29. The van der Waals surface area contributed by atoms with Crippen molar-refractivity contribution in [2.24, 2.45) is 0 Å². The first kappa shape index (κ1) is 23.4. The molecule has 0 bridgehead atoms. The minimum Gasteiger partial charge on any atom is -0.352 e. The molecule has 1 saturated heterocycles. The van der Waals surface area contributed by atoms with E-state index in [2.05, 4.69) is 46.3 Å². The molecule has 0 aliphatic carbocycles. The van der Waals surface area contributed by atoms with Gasteiger partial charge in [-0.15, -0.1) is 10.2 Å². The fourth-order valence-electron chi connectivity index (χ4n) is 4.73. The van der Waals surface area contributed by atoms with Crippen LogP contribution in [0.1, 0.15) is 25.0 Å². The second kappa shape index (κ2) is 9.39. The molecular weight excluding hydrogens is 462 g/mol. The van der Waals surface area contributed by atoms with Gasteiger partial charge in [-0.05, 0) is 54.3 Å². The van der Waals surface area contributed by atoms with Gasteiger partial charge in [-0.1, -0.05) is 31.2 Å². The van der Waals surface area contributed by atoms with E-state index in [-0.39, 0.29) is 10.8 Å². The summed E-state index contributed by atoms with van der Waals surface area (Å²) in [5.41, 5.74) is 4.84. The Morgan fingerprint density at radius 2 is 1.66 bits per heavy atom. The summed E-state index contributed by atoms with van der Waals surface area (Å²) in [5.74, 6) is 0.721. The number of nitrogens with zero attached hydrogens (tertiary/aromatic N) is 5. The average molecular weight is 492 g/mol. The third-order valence-electron chi connectivity index (χ3n) is 6.84. The van der Waals surface area contributed by atoms with E-state index in [0.717, 1.165) is 34.7 Å². The monoisotopic (exact) mass is 491 g/mol. The van der Waals surface area contributed by atoms with Gasteiger partial charge >= 0.3 is 0 Å². The number of hydrogen-bond acceptors (Lipinski definition) is 6. The first-order chi connectivity index (χ1) is 16.9. The summed E-state index contributed by atoms with van der Waals surface area (Å²) in [7, 11) is -3.61. The number of aryl methyl sites for hydroxylation is 1. The van der Waals surface area contributed by atoms with E-state index in [9.17, 15) is 13.2 Å². The quantitative estimate of drug-likeness (QED) is 0.545. The molecule has 8 nitrogen and oxygen atoms in total. The minimum absolute atomic E-state index is 0.0268. The van der Waals surface area contributed by atoms with Crippen LogP contribution in [0, 0.1) is 0 Å². The number of fused-ring (bicyclic) bond motifs is 1. The molecule has 0 atom stereocenters. The van der Waals surface area contributed by atoms with Crippen LogP contribution in [0.2, 0.25) is 0 Å². The Morgan fingerprint density at radius 3 is 2.29 bits per heavy atom. The fourth-order valence-corrected chi connectivity index (χ4v) is 6.20. The molecule has 1 amide bonds. The number of benzene rings is 2. The normalized spacial score (nSPS) is 16.4. The number of piperazine rings is 1. The Balaban J connectivity index is 1.25. The van der Waals surface area contributed by atoms with E-state index >= 15 is 0 Å². The maximum Gasteiger partial charge on any atom is 0.243 e. The second-order valence-corrected chi connectivity index (χ2v) is 10.9. The molecule has 9 heteroatoms. The number of amides is 1. The summed E-state index contributed by atoms with van der Waals surface area (Å²) in [4.78, 5) is 15.8. The molecule has 1 fully saturated rings. The standard InChI is InChI=1S/C26H29N5O3S/c1-3-20-4-6-21(7-5-20)24-9-11-26(28-27-24)29-14-16-30(17-15-29)35(33,34)23-8-10-25-22(18-23)12-13-31(25)19(2)32/h4-11,18H,3,12-17H2,1-2H3. The van der Waals surface area contributed by atoms with Gasteiger partial charge in [0.2, 0.25) is 15.9 Å². The molecule has 3 heterocycles. The lowest BCUT2D eigenvalue weighted by atomic mass is 10.1. The van der Waals surface area contributed by atoms with Gasteiger partial charge in [-0.25, -0.2) is 8.42 Å². The molecule has 5 rings (SSSR count). The molecule has 2 aliphatic heterocycles. The SMILES string of the molecule is CCc1ccc(-c2ccc(N3CCN(S(=O)(=O)c4ccc5c(c4)CCN5C(C)=O)CC3)nn2)cc1. The molecule has 2 aromatic carbocycles. The lowest BCUT2D eigenvalue weighted by Gasteiger charge is -2.34. The Labute approximate surface area is 206 Å². The molecular formula is C26H29N5O3S. The number of carbonyl (C=O) groups excluding carboxylic acids is 1. The van der Waals surface area contributed by atoms with Gasteiger partial charge in [0, 0.05) is 50.9 Å². The van der Waals surface area contributed by atoms with Crippen LogP contribution in [-0.4, -0.2) is 61.6 Å². The summed E-state index contributed by atoms with van der Waals surface area (Å²) in [6, 6.07) is 17.3. The van der Waals surface area contributed by atoms with Crippen molar-refractivity contribution in [3.63, 3.8) is 0 Å². The zero-order valence-electron chi connectivity index (χ0n) is 20.0. The molecule has 1 aromatic heterocycles.